The van der Waals surface area contributed by atoms with Crippen molar-refractivity contribution in [3.63, 3.8) is 0 Å². The van der Waals surface area contributed by atoms with Gasteiger partial charge in [0.25, 0.3) is 0 Å². The van der Waals surface area contributed by atoms with Crippen molar-refractivity contribution in [3.05, 3.63) is 40.8 Å². The molecule has 0 spiro atoms. The van der Waals surface area contributed by atoms with Crippen molar-refractivity contribution >= 4 is 27.5 Å². The Morgan fingerprint density at radius 1 is 1.29 bits per heavy atom. The Morgan fingerprint density at radius 3 is 2.67 bits per heavy atom. The number of ether oxygens (including phenoxy) is 1. The molecule has 0 fully saturated rings. The molecular weight excluding hydrogens is 334 g/mol. The van der Waals surface area contributed by atoms with Crippen LogP contribution < -0.4 is 10.1 Å². The molecule has 2 rings (SSSR count). The van der Waals surface area contributed by atoms with Gasteiger partial charge in [0, 0.05) is 18.9 Å². The maximum absolute atomic E-state index is 11.2. The highest BCUT2D eigenvalue weighted by molar-refractivity contribution is 9.10. The van der Waals surface area contributed by atoms with E-state index >= 15 is 0 Å². The smallest absolute Gasteiger partial charge is 0.223 e. The first kappa shape index (κ1) is 15.4. The topological polar surface area (TPSA) is 64.1 Å². The number of nitrogens with zero attached hydrogens (tertiary/aromatic N) is 2. The number of carbonyl (C=O) groups excluding carboxylic acids is 1. The van der Waals surface area contributed by atoms with E-state index in [-0.39, 0.29) is 11.8 Å². The standard InChI is InChI=1S/C15H16BrN3O2/c1-9(2)15-18-13(16)8-14(19-15)21-12-7-5-4-6-11(12)17-10(3)20/h4-9H,1-3H3,(H,17,20). The minimum Gasteiger partial charge on any atom is -0.437 e. The highest BCUT2D eigenvalue weighted by Gasteiger charge is 2.11. The molecule has 0 aliphatic rings. The Hall–Kier alpha value is -1.95. The van der Waals surface area contributed by atoms with Gasteiger partial charge < -0.3 is 10.1 Å². The van der Waals surface area contributed by atoms with Gasteiger partial charge in [-0.2, -0.15) is 4.98 Å². The summed E-state index contributed by atoms with van der Waals surface area (Å²) < 4.78 is 6.45. The molecule has 2 aromatic rings. The lowest BCUT2D eigenvalue weighted by Crippen LogP contribution is -2.07. The van der Waals surface area contributed by atoms with Crippen LogP contribution in [0.3, 0.4) is 0 Å². The van der Waals surface area contributed by atoms with Gasteiger partial charge in [0.2, 0.25) is 11.8 Å². The molecule has 0 aliphatic heterocycles. The maximum atomic E-state index is 11.2. The predicted molar refractivity (Wildman–Crippen MR) is 84.6 cm³/mol. The second-order valence-corrected chi connectivity index (χ2v) is 5.63. The summed E-state index contributed by atoms with van der Waals surface area (Å²) in [5, 5.41) is 2.73. The first-order valence-electron chi connectivity index (χ1n) is 6.54. The highest BCUT2D eigenvalue weighted by Crippen LogP contribution is 2.29. The lowest BCUT2D eigenvalue weighted by atomic mass is 10.2. The van der Waals surface area contributed by atoms with Crippen LogP contribution >= 0.6 is 15.9 Å². The zero-order valence-electron chi connectivity index (χ0n) is 12.1. The Balaban J connectivity index is 2.32. The van der Waals surface area contributed by atoms with E-state index in [0.29, 0.717) is 27.7 Å². The summed E-state index contributed by atoms with van der Waals surface area (Å²) in [6, 6.07) is 8.90. The Morgan fingerprint density at radius 2 is 2.00 bits per heavy atom. The summed E-state index contributed by atoms with van der Waals surface area (Å²) in [7, 11) is 0. The van der Waals surface area contributed by atoms with Crippen molar-refractivity contribution in [2.24, 2.45) is 0 Å². The van der Waals surface area contributed by atoms with Gasteiger partial charge in [-0.1, -0.05) is 26.0 Å². The van der Waals surface area contributed by atoms with Gasteiger partial charge in [-0.25, -0.2) is 4.98 Å². The number of benzene rings is 1. The molecule has 0 aliphatic carbocycles. The third-order valence-corrected chi connectivity index (χ3v) is 3.02. The number of anilines is 1. The molecule has 0 saturated carbocycles. The van der Waals surface area contributed by atoms with E-state index in [1.54, 1.807) is 18.2 Å². The van der Waals surface area contributed by atoms with Gasteiger partial charge in [0.05, 0.1) is 5.69 Å². The van der Waals surface area contributed by atoms with Gasteiger partial charge in [0.1, 0.15) is 10.4 Å². The van der Waals surface area contributed by atoms with Crippen LogP contribution in [0.15, 0.2) is 34.9 Å². The summed E-state index contributed by atoms with van der Waals surface area (Å²) in [6.45, 7) is 5.47. The number of nitrogens with one attached hydrogen (secondary N) is 1. The number of carbonyl (C=O) groups is 1. The molecule has 1 heterocycles. The van der Waals surface area contributed by atoms with E-state index in [9.17, 15) is 4.79 Å². The van der Waals surface area contributed by atoms with Crippen LogP contribution in [0.5, 0.6) is 11.6 Å². The van der Waals surface area contributed by atoms with Crippen molar-refractivity contribution in [3.8, 4) is 11.6 Å². The third-order valence-electron chi connectivity index (χ3n) is 2.62. The predicted octanol–water partition coefficient (Wildman–Crippen LogP) is 4.11. The first-order chi connectivity index (χ1) is 9.95. The lowest BCUT2D eigenvalue weighted by Gasteiger charge is -2.12. The Bertz CT molecular complexity index is 659. The summed E-state index contributed by atoms with van der Waals surface area (Å²) in [5.74, 6) is 1.69. The molecule has 21 heavy (non-hydrogen) atoms. The molecular formula is C15H16BrN3O2. The van der Waals surface area contributed by atoms with E-state index in [1.807, 2.05) is 26.0 Å². The quantitative estimate of drug-likeness (QED) is 0.843. The number of aromatic nitrogens is 2. The Kier molecular flexibility index (Phi) is 4.90. The molecule has 1 N–H and O–H groups in total. The minimum atomic E-state index is -0.155. The SMILES string of the molecule is CC(=O)Nc1ccccc1Oc1cc(Br)nc(C(C)C)n1. The van der Waals surface area contributed by atoms with Gasteiger partial charge in [0.15, 0.2) is 5.75 Å². The van der Waals surface area contributed by atoms with E-state index in [0.717, 1.165) is 0 Å². The van der Waals surface area contributed by atoms with Gasteiger partial charge in [-0.15, -0.1) is 0 Å². The summed E-state index contributed by atoms with van der Waals surface area (Å²) >= 11 is 3.35. The molecule has 5 nitrogen and oxygen atoms in total. The Labute approximate surface area is 131 Å². The summed E-state index contributed by atoms with van der Waals surface area (Å²) in [4.78, 5) is 19.9. The fraction of sp³-hybridized carbons (Fsp3) is 0.267. The van der Waals surface area contributed by atoms with Crippen LogP contribution in [0.25, 0.3) is 0 Å². The highest BCUT2D eigenvalue weighted by atomic mass is 79.9. The average molecular weight is 350 g/mol. The first-order valence-corrected chi connectivity index (χ1v) is 7.34. The number of rotatable bonds is 4. The summed E-state index contributed by atoms with van der Waals surface area (Å²) in [5.41, 5.74) is 0.603. The number of hydrogen-bond acceptors (Lipinski definition) is 4. The molecule has 1 aromatic heterocycles. The van der Waals surface area contributed by atoms with Gasteiger partial charge in [-0.3, -0.25) is 4.79 Å². The van der Waals surface area contributed by atoms with Crippen molar-refractivity contribution in [1.29, 1.82) is 0 Å². The minimum absolute atomic E-state index is 0.155. The average Bonchev–Trinajstić information content (AvgIpc) is 2.39. The normalized spacial score (nSPS) is 10.5. The van der Waals surface area contributed by atoms with Crippen LogP contribution in [0, 0.1) is 0 Å². The van der Waals surface area contributed by atoms with Crippen molar-refractivity contribution in [2.45, 2.75) is 26.7 Å². The molecule has 1 aromatic carbocycles. The zero-order chi connectivity index (χ0) is 15.4. The largest absolute Gasteiger partial charge is 0.437 e. The second kappa shape index (κ2) is 6.67. The van der Waals surface area contributed by atoms with Crippen LogP contribution in [-0.4, -0.2) is 15.9 Å². The fourth-order valence-corrected chi connectivity index (χ4v) is 2.06. The van der Waals surface area contributed by atoms with Crippen LogP contribution in [0.2, 0.25) is 0 Å². The van der Waals surface area contributed by atoms with Crippen molar-refractivity contribution in [2.75, 3.05) is 5.32 Å². The maximum Gasteiger partial charge on any atom is 0.223 e. The number of hydrogen-bond donors (Lipinski definition) is 1. The summed E-state index contributed by atoms with van der Waals surface area (Å²) in [6.07, 6.45) is 0. The van der Waals surface area contributed by atoms with E-state index in [1.165, 1.54) is 6.92 Å². The number of para-hydroxylation sites is 2. The van der Waals surface area contributed by atoms with Crippen molar-refractivity contribution in [1.82, 2.24) is 9.97 Å². The zero-order valence-corrected chi connectivity index (χ0v) is 13.6. The molecule has 0 unspecified atom stereocenters. The second-order valence-electron chi connectivity index (χ2n) is 4.82. The van der Waals surface area contributed by atoms with Gasteiger partial charge in [-0.05, 0) is 28.1 Å². The van der Waals surface area contributed by atoms with Gasteiger partial charge >= 0.3 is 0 Å². The molecule has 0 saturated heterocycles. The number of amides is 1. The molecule has 110 valence electrons. The molecule has 6 heteroatoms. The van der Waals surface area contributed by atoms with E-state index in [4.69, 9.17) is 4.74 Å². The van der Waals surface area contributed by atoms with E-state index < -0.39 is 0 Å². The molecule has 0 radical (unpaired) electrons. The van der Waals surface area contributed by atoms with Crippen molar-refractivity contribution < 1.29 is 9.53 Å². The molecule has 0 bridgehead atoms. The third kappa shape index (κ3) is 4.26. The number of halogens is 1. The molecule has 0 atom stereocenters. The fourth-order valence-electron chi connectivity index (χ4n) is 1.69. The lowest BCUT2D eigenvalue weighted by molar-refractivity contribution is -0.114. The monoisotopic (exact) mass is 349 g/mol. The van der Waals surface area contributed by atoms with Crippen LogP contribution in [0.4, 0.5) is 5.69 Å². The van der Waals surface area contributed by atoms with E-state index in [2.05, 4.69) is 31.2 Å². The van der Waals surface area contributed by atoms with Crippen LogP contribution in [0.1, 0.15) is 32.5 Å². The molecule has 1 amide bonds. The van der Waals surface area contributed by atoms with Crippen LogP contribution in [-0.2, 0) is 4.79 Å².